The van der Waals surface area contributed by atoms with E-state index in [9.17, 15) is 0 Å². The fourth-order valence-corrected chi connectivity index (χ4v) is 2.64. The first kappa shape index (κ1) is 23.4. The Hall–Kier alpha value is -1.61. The minimum atomic E-state index is 0. The number of rotatable bonds is 8. The molecule has 0 aliphatic rings. The lowest BCUT2D eigenvalue weighted by atomic mass is 10.1. The van der Waals surface area contributed by atoms with Crippen molar-refractivity contribution in [3.05, 3.63) is 53.4 Å². The largest absolute Gasteiger partial charge is 0.359 e. The molecule has 1 aromatic carbocycles. The Morgan fingerprint density at radius 3 is 2.44 bits per heavy atom. The lowest BCUT2D eigenvalue weighted by molar-refractivity contribution is 0.298. The fraction of sp³-hybridized carbons (Fsp3) is 0.500. The van der Waals surface area contributed by atoms with Gasteiger partial charge in [0.25, 0.3) is 0 Å². The second-order valence-corrected chi connectivity index (χ2v) is 6.84. The van der Waals surface area contributed by atoms with Gasteiger partial charge in [-0.25, -0.2) is 4.99 Å². The summed E-state index contributed by atoms with van der Waals surface area (Å²) >= 11 is 0. The second-order valence-electron chi connectivity index (χ2n) is 6.84. The van der Waals surface area contributed by atoms with Crippen molar-refractivity contribution in [3.8, 4) is 0 Å². The molecule has 0 radical (unpaired) electrons. The molecule has 1 heterocycles. The van der Waals surface area contributed by atoms with E-state index >= 15 is 0 Å². The van der Waals surface area contributed by atoms with Gasteiger partial charge in [-0.05, 0) is 32.5 Å². The van der Waals surface area contributed by atoms with Crippen LogP contribution in [0, 0.1) is 0 Å². The zero-order valence-corrected chi connectivity index (χ0v) is 19.2. The van der Waals surface area contributed by atoms with Crippen LogP contribution in [0.5, 0.6) is 0 Å². The highest BCUT2D eigenvalue weighted by Crippen LogP contribution is 2.17. The molecular formula is C20H32IN5O. The molecule has 6 nitrogen and oxygen atoms in total. The summed E-state index contributed by atoms with van der Waals surface area (Å²) in [5.74, 6) is 1.91. The van der Waals surface area contributed by atoms with Crippen LogP contribution < -0.4 is 10.6 Å². The molecule has 2 aromatic rings. The molecule has 0 spiro atoms. The third-order valence-electron chi connectivity index (χ3n) is 4.18. The van der Waals surface area contributed by atoms with Gasteiger partial charge in [-0.1, -0.05) is 49.3 Å². The van der Waals surface area contributed by atoms with E-state index in [0.717, 1.165) is 30.5 Å². The molecule has 0 fully saturated rings. The molecule has 1 atom stereocenters. The highest BCUT2D eigenvalue weighted by atomic mass is 127. The topological polar surface area (TPSA) is 65.7 Å². The predicted octanol–water partition coefficient (Wildman–Crippen LogP) is 3.77. The van der Waals surface area contributed by atoms with Gasteiger partial charge in [0.15, 0.2) is 11.7 Å². The van der Waals surface area contributed by atoms with Crippen molar-refractivity contribution >= 4 is 29.9 Å². The molecule has 7 heteroatoms. The van der Waals surface area contributed by atoms with Gasteiger partial charge < -0.3 is 20.1 Å². The van der Waals surface area contributed by atoms with Gasteiger partial charge in [0.05, 0.1) is 11.7 Å². The van der Waals surface area contributed by atoms with Crippen LogP contribution in [-0.2, 0) is 6.54 Å². The van der Waals surface area contributed by atoms with Gasteiger partial charge >= 0.3 is 0 Å². The number of hydrogen-bond acceptors (Lipinski definition) is 4. The summed E-state index contributed by atoms with van der Waals surface area (Å²) in [5.41, 5.74) is 2.24. The maximum Gasteiger partial charge on any atom is 0.191 e. The molecule has 0 bridgehead atoms. The third kappa shape index (κ3) is 7.50. The third-order valence-corrected chi connectivity index (χ3v) is 4.18. The Kier molecular flexibility index (Phi) is 10.4. The zero-order chi connectivity index (χ0) is 18.9. The summed E-state index contributed by atoms with van der Waals surface area (Å²) in [6, 6.07) is 12.7. The van der Waals surface area contributed by atoms with E-state index in [0.29, 0.717) is 12.5 Å². The van der Waals surface area contributed by atoms with E-state index in [1.54, 1.807) is 0 Å². The van der Waals surface area contributed by atoms with E-state index in [1.165, 1.54) is 5.56 Å². The Labute approximate surface area is 179 Å². The van der Waals surface area contributed by atoms with Crippen molar-refractivity contribution in [2.45, 2.75) is 39.3 Å². The summed E-state index contributed by atoms with van der Waals surface area (Å²) in [6.07, 6.45) is 0. The smallest absolute Gasteiger partial charge is 0.191 e. The number of hydrogen-bond donors (Lipinski definition) is 2. The van der Waals surface area contributed by atoms with Crippen LogP contribution >= 0.6 is 24.0 Å². The number of aliphatic imine (C=N–C) groups is 1. The highest BCUT2D eigenvalue weighted by molar-refractivity contribution is 14.0. The van der Waals surface area contributed by atoms with E-state index in [-0.39, 0.29) is 30.0 Å². The van der Waals surface area contributed by atoms with Crippen LogP contribution in [0.15, 0.2) is 45.9 Å². The highest BCUT2D eigenvalue weighted by Gasteiger charge is 2.14. The molecule has 0 amide bonds. The molecule has 2 rings (SSSR count). The molecule has 150 valence electrons. The van der Waals surface area contributed by atoms with Gasteiger partial charge in [0.2, 0.25) is 0 Å². The average molecular weight is 485 g/mol. The van der Waals surface area contributed by atoms with E-state index in [1.807, 2.05) is 12.1 Å². The molecular weight excluding hydrogens is 453 g/mol. The Morgan fingerprint density at radius 2 is 1.89 bits per heavy atom. The minimum Gasteiger partial charge on any atom is -0.359 e. The van der Waals surface area contributed by atoms with E-state index in [2.05, 4.69) is 84.8 Å². The number of likely N-dealkylation sites (N-methyl/N-ethyl adjacent to an activating group) is 1. The second kappa shape index (κ2) is 12.0. The monoisotopic (exact) mass is 485 g/mol. The summed E-state index contributed by atoms with van der Waals surface area (Å²) in [7, 11) is 4.18. The number of halogens is 1. The molecule has 0 aliphatic carbocycles. The Morgan fingerprint density at radius 1 is 1.19 bits per heavy atom. The lowest BCUT2D eigenvalue weighted by Crippen LogP contribution is -2.41. The van der Waals surface area contributed by atoms with Crippen molar-refractivity contribution < 1.29 is 4.52 Å². The van der Waals surface area contributed by atoms with Crippen LogP contribution in [0.25, 0.3) is 0 Å². The van der Waals surface area contributed by atoms with Crippen molar-refractivity contribution in [2.24, 2.45) is 4.99 Å². The number of guanidine groups is 1. The first-order valence-corrected chi connectivity index (χ1v) is 9.20. The summed E-state index contributed by atoms with van der Waals surface area (Å²) < 4.78 is 5.37. The molecule has 27 heavy (non-hydrogen) atoms. The Balaban J connectivity index is 0.00000364. The maximum atomic E-state index is 5.37. The van der Waals surface area contributed by atoms with Crippen LogP contribution in [0.3, 0.4) is 0 Å². The van der Waals surface area contributed by atoms with Crippen LogP contribution in [-0.4, -0.2) is 43.2 Å². The van der Waals surface area contributed by atoms with Crippen molar-refractivity contribution in [3.63, 3.8) is 0 Å². The van der Waals surface area contributed by atoms with Crippen LogP contribution in [0.2, 0.25) is 0 Å². The zero-order valence-electron chi connectivity index (χ0n) is 16.9. The predicted molar refractivity (Wildman–Crippen MR) is 122 cm³/mol. The first-order chi connectivity index (χ1) is 12.5. The van der Waals surface area contributed by atoms with Gasteiger partial charge in [-0.3, -0.25) is 0 Å². The Bertz CT molecular complexity index is 685. The fourth-order valence-electron chi connectivity index (χ4n) is 2.64. The van der Waals surface area contributed by atoms with E-state index < -0.39 is 0 Å². The molecule has 1 aromatic heterocycles. The van der Waals surface area contributed by atoms with Crippen LogP contribution in [0.4, 0.5) is 0 Å². The molecule has 0 aliphatic heterocycles. The van der Waals surface area contributed by atoms with Crippen molar-refractivity contribution in [1.82, 2.24) is 20.7 Å². The van der Waals surface area contributed by atoms with Gasteiger partial charge in [-0.2, -0.15) is 0 Å². The summed E-state index contributed by atoms with van der Waals surface area (Å²) in [6.45, 7) is 8.28. The normalized spacial score (nSPS) is 12.8. The average Bonchev–Trinajstić information content (AvgIpc) is 3.10. The van der Waals surface area contributed by atoms with E-state index in [4.69, 9.17) is 4.52 Å². The molecule has 0 saturated carbocycles. The molecule has 1 unspecified atom stereocenters. The molecule has 2 N–H and O–H groups in total. The quantitative estimate of drug-likeness (QED) is 0.339. The number of nitrogens with one attached hydrogen (secondary N) is 2. The first-order valence-electron chi connectivity index (χ1n) is 9.20. The molecule has 0 saturated heterocycles. The summed E-state index contributed by atoms with van der Waals surface area (Å²) in [4.78, 5) is 6.83. The number of nitrogens with zero attached hydrogens (tertiary/aromatic N) is 3. The standard InChI is InChI=1S/C20H31N5O.HI/c1-6-21-20(22-13-17-12-18(15(2)3)24-26-17)23-14-19(25(4)5)16-10-8-7-9-11-16;/h7-12,15,19H,6,13-14H2,1-5H3,(H2,21,22,23);1H. The van der Waals surface area contributed by atoms with Crippen molar-refractivity contribution in [1.29, 1.82) is 0 Å². The summed E-state index contributed by atoms with van der Waals surface area (Å²) in [5, 5.41) is 10.8. The number of benzene rings is 1. The van der Waals surface area contributed by atoms with Gasteiger partial charge in [0.1, 0.15) is 6.54 Å². The van der Waals surface area contributed by atoms with Crippen molar-refractivity contribution in [2.75, 3.05) is 27.2 Å². The SMILES string of the molecule is CCNC(=NCc1cc(C(C)C)no1)NCC(c1ccccc1)N(C)C.I. The lowest BCUT2D eigenvalue weighted by Gasteiger charge is -2.26. The maximum absolute atomic E-state index is 5.37. The van der Waals surface area contributed by atoms with Crippen LogP contribution in [0.1, 0.15) is 49.7 Å². The van der Waals surface area contributed by atoms with Gasteiger partial charge in [0, 0.05) is 19.2 Å². The number of aromatic nitrogens is 1. The van der Waals surface area contributed by atoms with Gasteiger partial charge in [-0.15, -0.1) is 24.0 Å². The minimum absolute atomic E-state index is 0.